The van der Waals surface area contributed by atoms with E-state index in [1.54, 1.807) is 12.1 Å². The quantitative estimate of drug-likeness (QED) is 0.260. The molecule has 0 aliphatic rings. The molecule has 0 radical (unpaired) electrons. The summed E-state index contributed by atoms with van der Waals surface area (Å²) in [5.41, 5.74) is 3.55. The predicted octanol–water partition coefficient (Wildman–Crippen LogP) is 6.80. The molecule has 6 heteroatoms. The minimum absolute atomic E-state index is 0.0345. The third-order valence-corrected chi connectivity index (χ3v) is 4.89. The van der Waals surface area contributed by atoms with Crippen molar-refractivity contribution in [1.29, 1.82) is 0 Å². The number of imidazole rings is 1. The molecule has 3 nitrogen and oxygen atoms in total. The van der Waals surface area contributed by atoms with E-state index in [9.17, 15) is 8.78 Å². The SMILES string of the molecule is Cc1[nH]c(-c2ccc(-c3ccc(C(F)(F)I)cc3)o2)nc1-c1ccccc1. The fourth-order valence-electron chi connectivity index (χ4n) is 2.90. The zero-order valence-electron chi connectivity index (χ0n) is 14.3. The summed E-state index contributed by atoms with van der Waals surface area (Å²) >= 11 is 1.12. The van der Waals surface area contributed by atoms with E-state index in [4.69, 9.17) is 4.42 Å². The van der Waals surface area contributed by atoms with E-state index in [1.807, 2.05) is 49.4 Å². The van der Waals surface area contributed by atoms with Gasteiger partial charge in [-0.05, 0) is 19.1 Å². The van der Waals surface area contributed by atoms with Crippen LogP contribution in [0.1, 0.15) is 11.3 Å². The molecule has 1 N–H and O–H groups in total. The molecule has 0 aliphatic heterocycles. The molecular weight excluding hydrogens is 461 g/mol. The summed E-state index contributed by atoms with van der Waals surface area (Å²) < 4.78 is 29.7. The van der Waals surface area contributed by atoms with Crippen molar-refractivity contribution in [2.45, 2.75) is 10.9 Å². The first-order valence-electron chi connectivity index (χ1n) is 8.32. The Morgan fingerprint density at radius 3 is 2.22 bits per heavy atom. The molecule has 4 aromatic rings. The van der Waals surface area contributed by atoms with Crippen molar-refractivity contribution >= 4 is 22.6 Å². The topological polar surface area (TPSA) is 41.8 Å². The second kappa shape index (κ2) is 6.92. The monoisotopic (exact) mass is 476 g/mol. The van der Waals surface area contributed by atoms with Gasteiger partial charge in [-0.15, -0.1) is 0 Å². The van der Waals surface area contributed by atoms with Gasteiger partial charge < -0.3 is 9.40 Å². The molecule has 0 saturated heterocycles. The largest absolute Gasteiger partial charge is 0.453 e. The van der Waals surface area contributed by atoms with Crippen LogP contribution >= 0.6 is 22.6 Å². The molecule has 2 heterocycles. The lowest BCUT2D eigenvalue weighted by Crippen LogP contribution is -2.01. The van der Waals surface area contributed by atoms with Crippen molar-refractivity contribution in [3.8, 4) is 34.2 Å². The Kier molecular flexibility index (Phi) is 4.59. The minimum atomic E-state index is -2.88. The lowest BCUT2D eigenvalue weighted by molar-refractivity contribution is 0.127. The van der Waals surface area contributed by atoms with Crippen molar-refractivity contribution in [3.63, 3.8) is 0 Å². The van der Waals surface area contributed by atoms with Gasteiger partial charge in [0.25, 0.3) is 0 Å². The van der Waals surface area contributed by atoms with Crippen LogP contribution in [-0.2, 0) is 3.93 Å². The number of aryl methyl sites for hydroxylation is 1. The van der Waals surface area contributed by atoms with Crippen LogP contribution in [0.15, 0.2) is 71.1 Å². The van der Waals surface area contributed by atoms with E-state index in [2.05, 4.69) is 9.97 Å². The van der Waals surface area contributed by atoms with Crippen molar-refractivity contribution in [2.24, 2.45) is 0 Å². The lowest BCUT2D eigenvalue weighted by atomic mass is 10.1. The smallest absolute Gasteiger partial charge is 0.321 e. The van der Waals surface area contributed by atoms with E-state index in [0.717, 1.165) is 45.1 Å². The lowest BCUT2D eigenvalue weighted by Gasteiger charge is -2.08. The van der Waals surface area contributed by atoms with Gasteiger partial charge in [-0.2, -0.15) is 8.78 Å². The Morgan fingerprint density at radius 2 is 1.56 bits per heavy atom. The first kappa shape index (κ1) is 17.9. The second-order valence-electron chi connectivity index (χ2n) is 6.16. The van der Waals surface area contributed by atoms with Gasteiger partial charge in [-0.25, -0.2) is 4.98 Å². The summed E-state index contributed by atoms with van der Waals surface area (Å²) in [6.07, 6.45) is 0. The standard InChI is InChI=1S/C21H15F2IN2O/c1-13-19(15-5-3-2-4-6-15)26-20(25-13)18-12-11-17(27-18)14-7-9-16(10-8-14)21(22,23)24/h2-12H,1H3,(H,25,26). The van der Waals surface area contributed by atoms with Gasteiger partial charge in [0, 0.05) is 45.0 Å². The van der Waals surface area contributed by atoms with Gasteiger partial charge in [0.2, 0.25) is 0 Å². The molecular formula is C21H15F2IN2O. The number of hydrogen-bond acceptors (Lipinski definition) is 2. The maximum absolute atomic E-state index is 13.3. The van der Waals surface area contributed by atoms with E-state index < -0.39 is 3.93 Å². The van der Waals surface area contributed by atoms with Crippen molar-refractivity contribution in [3.05, 3.63) is 78.0 Å². The van der Waals surface area contributed by atoms with Gasteiger partial charge in [0.05, 0.1) is 5.69 Å². The molecule has 0 fully saturated rings. The zero-order chi connectivity index (χ0) is 19.0. The summed E-state index contributed by atoms with van der Waals surface area (Å²) in [5.74, 6) is 1.83. The van der Waals surface area contributed by atoms with Crippen LogP contribution in [0, 0.1) is 6.92 Å². The fourth-order valence-corrected chi connectivity index (χ4v) is 3.26. The van der Waals surface area contributed by atoms with Crippen LogP contribution < -0.4 is 0 Å². The molecule has 0 unspecified atom stereocenters. The molecule has 4 rings (SSSR count). The van der Waals surface area contributed by atoms with E-state index in [0.29, 0.717) is 17.3 Å². The molecule has 0 aliphatic carbocycles. The van der Waals surface area contributed by atoms with Crippen LogP contribution in [-0.4, -0.2) is 9.97 Å². The van der Waals surface area contributed by atoms with Crippen molar-refractivity contribution < 1.29 is 13.2 Å². The number of furan rings is 1. The molecule has 0 atom stereocenters. The third kappa shape index (κ3) is 3.66. The molecule has 0 saturated carbocycles. The maximum Gasteiger partial charge on any atom is 0.321 e. The molecule has 2 aromatic carbocycles. The maximum atomic E-state index is 13.3. The number of nitrogens with one attached hydrogen (secondary N) is 1. The fraction of sp³-hybridized carbons (Fsp3) is 0.0952. The number of benzene rings is 2. The van der Waals surface area contributed by atoms with E-state index in [1.165, 1.54) is 12.1 Å². The predicted molar refractivity (Wildman–Crippen MR) is 110 cm³/mol. The number of rotatable bonds is 4. The summed E-state index contributed by atoms with van der Waals surface area (Å²) in [4.78, 5) is 7.90. The Morgan fingerprint density at radius 1 is 0.889 bits per heavy atom. The third-order valence-electron chi connectivity index (χ3n) is 4.27. The van der Waals surface area contributed by atoms with Crippen LogP contribution in [0.2, 0.25) is 0 Å². The number of H-pyrrole nitrogens is 1. The highest BCUT2D eigenvalue weighted by atomic mass is 127. The number of halogens is 3. The van der Waals surface area contributed by atoms with Crippen molar-refractivity contribution in [1.82, 2.24) is 9.97 Å². The first-order valence-corrected chi connectivity index (χ1v) is 9.39. The van der Waals surface area contributed by atoms with E-state index in [-0.39, 0.29) is 5.56 Å². The number of aromatic amines is 1. The van der Waals surface area contributed by atoms with Gasteiger partial charge >= 0.3 is 3.93 Å². The summed E-state index contributed by atoms with van der Waals surface area (Å²) in [5, 5.41) is 0. The highest BCUT2D eigenvalue weighted by Gasteiger charge is 2.26. The highest BCUT2D eigenvalue weighted by molar-refractivity contribution is 14.1. The second-order valence-corrected chi connectivity index (χ2v) is 7.52. The van der Waals surface area contributed by atoms with E-state index >= 15 is 0 Å². The number of nitrogens with zero attached hydrogens (tertiary/aromatic N) is 1. The summed E-state index contributed by atoms with van der Waals surface area (Å²) in [6, 6.07) is 19.6. The highest BCUT2D eigenvalue weighted by Crippen LogP contribution is 2.36. The molecule has 136 valence electrons. The Hall–Kier alpha value is -2.48. The number of aromatic nitrogens is 2. The Bertz CT molecular complexity index is 1060. The van der Waals surface area contributed by atoms with Crippen LogP contribution in [0.25, 0.3) is 34.2 Å². The average Bonchev–Trinajstić information content (AvgIpc) is 3.29. The van der Waals surface area contributed by atoms with Gasteiger partial charge in [-0.1, -0.05) is 54.6 Å². The van der Waals surface area contributed by atoms with Gasteiger partial charge in [0.1, 0.15) is 5.76 Å². The molecule has 0 spiro atoms. The molecule has 0 amide bonds. The molecule has 27 heavy (non-hydrogen) atoms. The normalized spacial score (nSPS) is 11.7. The number of alkyl halides is 3. The summed E-state index contributed by atoms with van der Waals surface area (Å²) in [6.45, 7) is 1.96. The number of hydrogen-bond donors (Lipinski definition) is 1. The molecule has 2 aromatic heterocycles. The van der Waals surface area contributed by atoms with Crippen LogP contribution in [0.3, 0.4) is 0 Å². The first-order chi connectivity index (χ1) is 12.9. The summed E-state index contributed by atoms with van der Waals surface area (Å²) in [7, 11) is 0. The van der Waals surface area contributed by atoms with Gasteiger partial charge in [-0.3, -0.25) is 0 Å². The molecule has 0 bridgehead atoms. The van der Waals surface area contributed by atoms with Crippen molar-refractivity contribution in [2.75, 3.05) is 0 Å². The van der Waals surface area contributed by atoms with Crippen LogP contribution in [0.5, 0.6) is 0 Å². The van der Waals surface area contributed by atoms with Crippen LogP contribution in [0.4, 0.5) is 8.78 Å². The van der Waals surface area contributed by atoms with Gasteiger partial charge in [0.15, 0.2) is 11.6 Å². The Balaban J connectivity index is 1.64. The minimum Gasteiger partial charge on any atom is -0.453 e. The average molecular weight is 476 g/mol. The Labute approximate surface area is 168 Å². The zero-order valence-corrected chi connectivity index (χ0v) is 16.5.